The summed E-state index contributed by atoms with van der Waals surface area (Å²) in [4.78, 5) is 13.3. The summed E-state index contributed by atoms with van der Waals surface area (Å²) in [6.45, 7) is 1.70. The molecule has 0 aromatic heterocycles. The first-order valence-corrected chi connectivity index (χ1v) is 29.9. The summed E-state index contributed by atoms with van der Waals surface area (Å²) in [7, 11) is 0. The van der Waals surface area contributed by atoms with E-state index < -0.39 is 124 Å². The molecule has 3 heterocycles. The van der Waals surface area contributed by atoms with Gasteiger partial charge in [0.25, 0.3) is 0 Å². The normalized spacial score (nSPS) is 31.0. The lowest BCUT2D eigenvalue weighted by Crippen LogP contribution is -2.66. The number of aliphatic hydroxyl groups is 11. The van der Waals surface area contributed by atoms with Crippen LogP contribution in [-0.2, 0) is 33.2 Å². The van der Waals surface area contributed by atoms with Gasteiger partial charge >= 0.3 is 0 Å². The number of amides is 1. The zero-order valence-corrected chi connectivity index (χ0v) is 46.5. The van der Waals surface area contributed by atoms with Gasteiger partial charge in [0.15, 0.2) is 18.9 Å². The molecule has 0 radical (unpaired) electrons. The molecule has 76 heavy (non-hydrogen) atoms. The second kappa shape index (κ2) is 41.5. The Hall–Kier alpha value is -1.47. The zero-order valence-electron chi connectivity index (χ0n) is 46.5. The third kappa shape index (κ3) is 25.5. The van der Waals surface area contributed by atoms with E-state index in [0.29, 0.717) is 6.42 Å². The van der Waals surface area contributed by atoms with Crippen molar-refractivity contribution in [3.63, 3.8) is 0 Å². The topological polar surface area (TPSA) is 307 Å². The highest BCUT2D eigenvalue weighted by atomic mass is 16.8. The standard InChI is InChI=1S/C57H107NO18/c1-3-5-7-9-11-13-15-16-17-18-19-20-21-22-23-24-25-27-29-31-33-35-45(63)58-40(41(62)34-32-30-28-26-14-12-10-8-6-4-2)39-71-55-51(69)48(66)53(43(37-60)73-55)76-57-52(70)49(67)54(44(38-61)74-57)75-56-50(68)47(65)46(64)42(36-59)72-56/h32,34,40-44,46-57,59-62,64-70H,3-31,33,35-39H2,1-2H3,(H,58,63)/b34-32+. The molecular formula is C57H107NO18. The number of aliphatic hydroxyl groups excluding tert-OH is 11. The van der Waals surface area contributed by atoms with E-state index in [1.807, 2.05) is 6.08 Å². The quantitative estimate of drug-likeness (QED) is 0.0283. The van der Waals surface area contributed by atoms with Gasteiger partial charge in [0.05, 0.1) is 38.6 Å². The van der Waals surface area contributed by atoms with Crippen LogP contribution in [0.2, 0.25) is 0 Å². The second-order valence-corrected chi connectivity index (χ2v) is 21.8. The SMILES string of the molecule is CCCCCCCCCC/C=C/C(O)C(COC1OC(CO)C(OC2OC(CO)C(OC3OC(CO)C(O)C(O)C3O)C(O)C2O)C(O)C1O)NC(=O)CCCCCCCCCCCCCCCCCCCCCCC. The Bertz CT molecular complexity index is 1450. The molecule has 3 rings (SSSR count). The molecule has 448 valence electrons. The molecule has 0 aromatic carbocycles. The van der Waals surface area contributed by atoms with E-state index in [1.54, 1.807) is 6.08 Å². The van der Waals surface area contributed by atoms with Crippen molar-refractivity contribution < 1.29 is 89.4 Å². The molecule has 19 nitrogen and oxygen atoms in total. The highest BCUT2D eigenvalue weighted by molar-refractivity contribution is 5.76. The summed E-state index contributed by atoms with van der Waals surface area (Å²) in [5.41, 5.74) is 0. The van der Waals surface area contributed by atoms with E-state index in [1.165, 1.54) is 141 Å². The van der Waals surface area contributed by atoms with Crippen molar-refractivity contribution in [2.75, 3.05) is 26.4 Å². The fourth-order valence-electron chi connectivity index (χ4n) is 10.4. The molecule has 3 aliphatic heterocycles. The van der Waals surface area contributed by atoms with Crippen LogP contribution in [0.5, 0.6) is 0 Å². The third-order valence-corrected chi connectivity index (χ3v) is 15.3. The molecule has 0 aliphatic carbocycles. The first kappa shape index (κ1) is 68.8. The van der Waals surface area contributed by atoms with Gasteiger partial charge in [0.2, 0.25) is 5.91 Å². The Morgan fingerprint density at radius 3 is 1.24 bits per heavy atom. The minimum atomic E-state index is -1.97. The molecule has 17 unspecified atom stereocenters. The molecule has 1 amide bonds. The summed E-state index contributed by atoms with van der Waals surface area (Å²) in [6.07, 6.45) is 13.6. The number of rotatable bonds is 44. The van der Waals surface area contributed by atoms with Crippen molar-refractivity contribution in [2.45, 2.75) is 317 Å². The van der Waals surface area contributed by atoms with Gasteiger partial charge in [-0.2, -0.15) is 0 Å². The van der Waals surface area contributed by atoms with Crippen LogP contribution in [0.25, 0.3) is 0 Å². The van der Waals surface area contributed by atoms with Crippen LogP contribution in [0.4, 0.5) is 0 Å². The van der Waals surface area contributed by atoms with Gasteiger partial charge in [-0.15, -0.1) is 0 Å². The molecule has 17 atom stereocenters. The highest BCUT2D eigenvalue weighted by Crippen LogP contribution is 2.33. The van der Waals surface area contributed by atoms with E-state index in [2.05, 4.69) is 19.2 Å². The molecule has 0 aromatic rings. The van der Waals surface area contributed by atoms with Crippen LogP contribution in [0.3, 0.4) is 0 Å². The predicted octanol–water partition coefficient (Wildman–Crippen LogP) is 4.99. The van der Waals surface area contributed by atoms with Crippen LogP contribution in [-0.4, -0.2) is 193 Å². The van der Waals surface area contributed by atoms with Crippen LogP contribution < -0.4 is 5.32 Å². The van der Waals surface area contributed by atoms with Gasteiger partial charge in [-0.05, 0) is 19.3 Å². The third-order valence-electron chi connectivity index (χ3n) is 15.3. The average Bonchev–Trinajstić information content (AvgIpc) is 3.41. The molecule has 12 N–H and O–H groups in total. The van der Waals surface area contributed by atoms with Crippen LogP contribution in [0, 0.1) is 0 Å². The van der Waals surface area contributed by atoms with Gasteiger partial charge in [-0.25, -0.2) is 0 Å². The lowest BCUT2D eigenvalue weighted by Gasteiger charge is -2.48. The maximum absolute atomic E-state index is 13.3. The van der Waals surface area contributed by atoms with Crippen molar-refractivity contribution in [3.8, 4) is 0 Å². The first-order chi connectivity index (χ1) is 36.8. The molecule has 3 aliphatic rings. The summed E-state index contributed by atoms with van der Waals surface area (Å²) in [5.74, 6) is -0.274. The molecule has 0 saturated carbocycles. The number of carbonyl (C=O) groups is 1. The predicted molar refractivity (Wildman–Crippen MR) is 287 cm³/mol. The largest absolute Gasteiger partial charge is 0.394 e. The van der Waals surface area contributed by atoms with Crippen LogP contribution >= 0.6 is 0 Å². The van der Waals surface area contributed by atoms with Crippen molar-refractivity contribution in [2.24, 2.45) is 0 Å². The summed E-state index contributed by atoms with van der Waals surface area (Å²) in [5, 5.41) is 120. The Morgan fingerprint density at radius 2 is 0.816 bits per heavy atom. The number of nitrogens with one attached hydrogen (secondary N) is 1. The minimum absolute atomic E-state index is 0.249. The fourth-order valence-corrected chi connectivity index (χ4v) is 10.4. The minimum Gasteiger partial charge on any atom is -0.394 e. The zero-order chi connectivity index (χ0) is 55.5. The van der Waals surface area contributed by atoms with Crippen molar-refractivity contribution in [1.82, 2.24) is 5.32 Å². The molecule has 3 fully saturated rings. The van der Waals surface area contributed by atoms with Gasteiger partial charge in [0.1, 0.15) is 73.2 Å². The number of ether oxygens (including phenoxy) is 6. The monoisotopic (exact) mass is 1090 g/mol. The van der Waals surface area contributed by atoms with E-state index in [-0.39, 0.29) is 18.9 Å². The van der Waals surface area contributed by atoms with Crippen molar-refractivity contribution in [3.05, 3.63) is 12.2 Å². The van der Waals surface area contributed by atoms with Gasteiger partial charge in [-0.3, -0.25) is 4.79 Å². The smallest absolute Gasteiger partial charge is 0.220 e. The Morgan fingerprint density at radius 1 is 0.461 bits per heavy atom. The number of hydrogen-bond donors (Lipinski definition) is 12. The summed E-state index contributed by atoms with van der Waals surface area (Å²) >= 11 is 0. The number of carbonyl (C=O) groups excluding carboxylic acids is 1. The Labute approximate surface area is 455 Å². The van der Waals surface area contributed by atoms with Gasteiger partial charge in [0, 0.05) is 6.42 Å². The molecular weight excluding hydrogens is 987 g/mol. The maximum Gasteiger partial charge on any atom is 0.220 e. The average molecular weight is 1090 g/mol. The summed E-state index contributed by atoms with van der Waals surface area (Å²) < 4.78 is 34.2. The lowest BCUT2D eigenvalue weighted by atomic mass is 9.96. The number of hydrogen-bond acceptors (Lipinski definition) is 18. The fraction of sp³-hybridized carbons (Fsp3) is 0.947. The lowest BCUT2D eigenvalue weighted by molar-refractivity contribution is -0.379. The van der Waals surface area contributed by atoms with Gasteiger partial charge < -0.3 is 89.9 Å². The summed E-state index contributed by atoms with van der Waals surface area (Å²) in [6, 6.07) is -0.965. The number of allylic oxidation sites excluding steroid dienone is 1. The van der Waals surface area contributed by atoms with E-state index in [4.69, 9.17) is 28.4 Å². The molecule has 0 bridgehead atoms. The van der Waals surface area contributed by atoms with Gasteiger partial charge in [-0.1, -0.05) is 199 Å². The van der Waals surface area contributed by atoms with E-state index in [0.717, 1.165) is 44.9 Å². The number of unbranched alkanes of at least 4 members (excludes halogenated alkanes) is 28. The highest BCUT2D eigenvalue weighted by Gasteiger charge is 2.53. The molecule has 0 spiro atoms. The van der Waals surface area contributed by atoms with Crippen molar-refractivity contribution >= 4 is 5.91 Å². The second-order valence-electron chi connectivity index (χ2n) is 21.8. The molecule has 19 heteroatoms. The Balaban J connectivity index is 1.46. The van der Waals surface area contributed by atoms with Crippen molar-refractivity contribution in [1.29, 1.82) is 0 Å². The van der Waals surface area contributed by atoms with Crippen LogP contribution in [0.15, 0.2) is 12.2 Å². The van der Waals surface area contributed by atoms with E-state index >= 15 is 0 Å². The van der Waals surface area contributed by atoms with E-state index in [9.17, 15) is 61.0 Å². The van der Waals surface area contributed by atoms with Crippen LogP contribution in [0.1, 0.15) is 213 Å². The maximum atomic E-state index is 13.3. The first-order valence-electron chi connectivity index (χ1n) is 29.9. The molecule has 3 saturated heterocycles. The Kier molecular flexibility index (Phi) is 37.6.